The van der Waals surface area contributed by atoms with Crippen LogP contribution in [0.15, 0.2) is 36.4 Å². The van der Waals surface area contributed by atoms with Crippen LogP contribution in [-0.2, 0) is 4.74 Å². The number of carbonyl (C=O) groups is 1. The van der Waals surface area contributed by atoms with Gasteiger partial charge in [-0.15, -0.1) is 0 Å². The Labute approximate surface area is 142 Å². The first-order valence-electron chi connectivity index (χ1n) is 6.92. The lowest BCUT2D eigenvalue weighted by atomic mass is 10.1. The lowest BCUT2D eigenvalue weighted by Gasteiger charge is -2.15. The molecule has 7 heteroatoms. The van der Waals surface area contributed by atoms with Gasteiger partial charge < -0.3 is 10.1 Å². The molecule has 0 radical (unpaired) electrons. The molecular formula is C17H13ClF2N2O2. The maximum absolute atomic E-state index is 13.0. The van der Waals surface area contributed by atoms with Crippen LogP contribution < -0.4 is 5.32 Å². The number of rotatable bonds is 5. The molecule has 0 atom stereocenters. The molecule has 2 aromatic rings. The zero-order valence-corrected chi connectivity index (χ0v) is 13.4. The van der Waals surface area contributed by atoms with Gasteiger partial charge in [0.05, 0.1) is 11.3 Å². The molecule has 0 saturated carbocycles. The van der Waals surface area contributed by atoms with E-state index in [2.05, 4.69) is 5.32 Å². The molecular weight excluding hydrogens is 338 g/mol. The molecule has 24 heavy (non-hydrogen) atoms. The Balaban J connectivity index is 2.39. The average molecular weight is 351 g/mol. The van der Waals surface area contributed by atoms with E-state index in [0.29, 0.717) is 22.0 Å². The minimum atomic E-state index is -2.60. The maximum atomic E-state index is 13.0. The van der Waals surface area contributed by atoms with E-state index in [1.165, 1.54) is 18.2 Å². The van der Waals surface area contributed by atoms with Gasteiger partial charge in [0.25, 0.3) is 6.43 Å². The number of benzene rings is 2. The number of hydrogen-bond acceptors (Lipinski definition) is 4. The van der Waals surface area contributed by atoms with Crippen LogP contribution in [0.25, 0.3) is 0 Å². The van der Waals surface area contributed by atoms with Crippen LogP contribution in [0, 0.1) is 18.3 Å². The second kappa shape index (κ2) is 7.75. The van der Waals surface area contributed by atoms with Gasteiger partial charge in [-0.25, -0.2) is 13.6 Å². The van der Waals surface area contributed by atoms with Crippen LogP contribution in [0.3, 0.4) is 0 Å². The molecule has 0 aliphatic carbocycles. The van der Waals surface area contributed by atoms with Gasteiger partial charge in [-0.1, -0.05) is 23.7 Å². The first-order chi connectivity index (χ1) is 11.4. The largest absolute Gasteiger partial charge is 0.447 e. The molecule has 124 valence electrons. The fourth-order valence-electron chi connectivity index (χ4n) is 2.14. The van der Waals surface area contributed by atoms with Gasteiger partial charge in [0.15, 0.2) is 6.61 Å². The van der Waals surface area contributed by atoms with E-state index < -0.39 is 19.0 Å². The molecule has 0 aromatic heterocycles. The molecule has 0 unspecified atom stereocenters. The highest BCUT2D eigenvalue weighted by Gasteiger charge is 2.17. The maximum Gasteiger partial charge on any atom is 0.341 e. The average Bonchev–Trinajstić information content (AvgIpc) is 2.55. The number of carbonyl (C=O) groups excluding carboxylic acids is 1. The molecule has 0 bridgehead atoms. The Bertz CT molecular complexity index is 804. The molecule has 2 rings (SSSR count). The number of ether oxygens (including phenoxy) is 1. The summed E-state index contributed by atoms with van der Waals surface area (Å²) < 4.78 is 30.8. The van der Waals surface area contributed by atoms with Gasteiger partial charge in [-0.2, -0.15) is 5.26 Å². The molecule has 0 fully saturated rings. The summed E-state index contributed by atoms with van der Waals surface area (Å²) in [5, 5.41) is 11.8. The van der Waals surface area contributed by atoms with Crippen LogP contribution in [-0.4, -0.2) is 12.6 Å². The number of halogens is 3. The van der Waals surface area contributed by atoms with Crippen molar-refractivity contribution in [1.29, 1.82) is 5.26 Å². The van der Waals surface area contributed by atoms with Crippen LogP contribution in [0.2, 0.25) is 5.02 Å². The van der Waals surface area contributed by atoms with Crippen molar-refractivity contribution in [2.24, 2.45) is 0 Å². The van der Waals surface area contributed by atoms with E-state index in [4.69, 9.17) is 21.6 Å². The summed E-state index contributed by atoms with van der Waals surface area (Å²) in [6, 6.07) is 10.6. The molecule has 0 amide bonds. The lowest BCUT2D eigenvalue weighted by Crippen LogP contribution is -2.09. The number of nitriles is 1. The highest BCUT2D eigenvalue weighted by Crippen LogP contribution is 2.31. The summed E-state index contributed by atoms with van der Waals surface area (Å²) in [6.45, 7) is 1.16. The van der Waals surface area contributed by atoms with Gasteiger partial charge in [0.2, 0.25) is 0 Å². The molecule has 0 heterocycles. The van der Waals surface area contributed by atoms with Crippen molar-refractivity contribution in [2.75, 3.05) is 11.9 Å². The monoisotopic (exact) mass is 350 g/mol. The second-order valence-electron chi connectivity index (χ2n) is 4.87. The normalized spacial score (nSPS) is 10.3. The van der Waals surface area contributed by atoms with Crippen LogP contribution in [0.5, 0.6) is 0 Å². The predicted molar refractivity (Wildman–Crippen MR) is 86.8 cm³/mol. The molecule has 0 aliphatic heterocycles. The SMILES string of the molecule is Cc1c(Nc2ccc(Cl)cc2C(=O)OCC#N)cccc1C(F)F. The molecule has 1 N–H and O–H groups in total. The summed E-state index contributed by atoms with van der Waals surface area (Å²) in [7, 11) is 0. The zero-order chi connectivity index (χ0) is 17.7. The Hall–Kier alpha value is -2.65. The highest BCUT2D eigenvalue weighted by atomic mass is 35.5. The zero-order valence-electron chi connectivity index (χ0n) is 12.6. The Kier molecular flexibility index (Phi) is 5.72. The summed E-state index contributed by atoms with van der Waals surface area (Å²) in [5.74, 6) is -0.732. The van der Waals surface area contributed by atoms with E-state index in [0.717, 1.165) is 0 Å². The van der Waals surface area contributed by atoms with Gasteiger partial charge in [-0.3, -0.25) is 0 Å². The molecule has 0 aliphatic rings. The van der Waals surface area contributed by atoms with Gasteiger partial charge in [0.1, 0.15) is 6.07 Å². The van der Waals surface area contributed by atoms with E-state index in [-0.39, 0.29) is 11.1 Å². The fourth-order valence-corrected chi connectivity index (χ4v) is 2.31. The second-order valence-corrected chi connectivity index (χ2v) is 5.31. The number of alkyl halides is 2. The van der Waals surface area contributed by atoms with E-state index in [1.807, 2.05) is 0 Å². The first-order valence-corrected chi connectivity index (χ1v) is 7.30. The van der Waals surface area contributed by atoms with Crippen LogP contribution in [0.4, 0.5) is 20.2 Å². The molecule has 4 nitrogen and oxygen atoms in total. The smallest absolute Gasteiger partial charge is 0.341 e. The van der Waals surface area contributed by atoms with Gasteiger partial charge in [-0.05, 0) is 36.8 Å². The number of nitrogens with one attached hydrogen (secondary N) is 1. The molecule has 0 spiro atoms. The third-order valence-electron chi connectivity index (χ3n) is 3.35. The van der Waals surface area contributed by atoms with E-state index in [9.17, 15) is 13.6 Å². The quantitative estimate of drug-likeness (QED) is 0.770. The van der Waals surface area contributed by atoms with Crippen molar-refractivity contribution in [2.45, 2.75) is 13.3 Å². The van der Waals surface area contributed by atoms with Crippen molar-refractivity contribution < 1.29 is 18.3 Å². The van der Waals surface area contributed by atoms with Crippen molar-refractivity contribution in [3.63, 3.8) is 0 Å². The van der Waals surface area contributed by atoms with Crippen LogP contribution >= 0.6 is 11.6 Å². The lowest BCUT2D eigenvalue weighted by molar-refractivity contribution is 0.0556. The first kappa shape index (κ1) is 17.7. The number of hydrogen-bond donors (Lipinski definition) is 1. The number of esters is 1. The van der Waals surface area contributed by atoms with Gasteiger partial charge in [0, 0.05) is 16.3 Å². The summed E-state index contributed by atoms with van der Waals surface area (Å²) in [4.78, 5) is 12.0. The topological polar surface area (TPSA) is 62.1 Å². The molecule has 2 aromatic carbocycles. The van der Waals surface area contributed by atoms with Crippen LogP contribution in [0.1, 0.15) is 27.9 Å². The summed E-state index contributed by atoms with van der Waals surface area (Å²) >= 11 is 5.90. The van der Waals surface area contributed by atoms with Crippen molar-refractivity contribution in [1.82, 2.24) is 0 Å². The summed E-state index contributed by atoms with van der Waals surface area (Å²) in [5.41, 5.74) is 1.17. The highest BCUT2D eigenvalue weighted by molar-refractivity contribution is 6.31. The van der Waals surface area contributed by atoms with Crippen molar-refractivity contribution >= 4 is 28.9 Å². The van der Waals surface area contributed by atoms with E-state index in [1.54, 1.807) is 31.2 Å². The Morgan fingerprint density at radius 2 is 2.08 bits per heavy atom. The minimum Gasteiger partial charge on any atom is -0.447 e. The fraction of sp³-hybridized carbons (Fsp3) is 0.176. The third-order valence-corrected chi connectivity index (χ3v) is 3.58. The third kappa shape index (κ3) is 4.00. The summed E-state index contributed by atoms with van der Waals surface area (Å²) in [6.07, 6.45) is -2.60. The molecule has 0 saturated heterocycles. The Morgan fingerprint density at radius 3 is 2.75 bits per heavy atom. The minimum absolute atomic E-state index is 0.0948. The van der Waals surface area contributed by atoms with Crippen molar-refractivity contribution in [3.8, 4) is 6.07 Å². The van der Waals surface area contributed by atoms with E-state index >= 15 is 0 Å². The Morgan fingerprint density at radius 1 is 1.33 bits per heavy atom. The number of anilines is 2. The van der Waals surface area contributed by atoms with Gasteiger partial charge >= 0.3 is 5.97 Å². The standard InChI is InChI=1S/C17H13ClF2N2O2/c1-10-12(16(19)20)3-2-4-14(10)22-15-6-5-11(18)9-13(15)17(23)24-8-7-21/h2-6,9,16,22H,8H2,1H3. The van der Waals surface area contributed by atoms with Crippen molar-refractivity contribution in [3.05, 3.63) is 58.1 Å². The number of nitrogens with zero attached hydrogens (tertiary/aromatic N) is 1. The predicted octanol–water partition coefficient (Wildman–Crippen LogP) is 5.01.